The summed E-state index contributed by atoms with van der Waals surface area (Å²) in [5, 5.41) is 17.3. The lowest BCUT2D eigenvalue weighted by molar-refractivity contribution is 0.0933. The van der Waals surface area contributed by atoms with Crippen LogP contribution < -0.4 is 5.32 Å². The number of hydrogen-bond acceptors (Lipinski definition) is 3. The molecule has 0 bridgehead atoms. The molecule has 2 N–H and O–H groups in total. The smallest absolute Gasteiger partial charge is 0.269 e. The predicted molar refractivity (Wildman–Crippen MR) is 90.3 cm³/mol. The molecule has 124 valence electrons. The van der Waals surface area contributed by atoms with Crippen molar-refractivity contribution in [2.75, 3.05) is 6.54 Å². The van der Waals surface area contributed by atoms with Crippen molar-refractivity contribution in [3.05, 3.63) is 53.3 Å². The van der Waals surface area contributed by atoms with Crippen molar-refractivity contribution >= 4 is 5.91 Å². The summed E-state index contributed by atoms with van der Waals surface area (Å²) in [6, 6.07) is 11.3. The number of aromatic nitrogens is 2. The standard InChI is InChI=1S/C18H25N3O2/c1-18(2,3)16-12-14(21(4)20-16)17(23)19-11-10-15(22)13-8-6-5-7-9-13/h5-9,12,15,22H,10-11H2,1-4H3,(H,19,23). The van der Waals surface area contributed by atoms with E-state index in [1.54, 1.807) is 11.7 Å². The summed E-state index contributed by atoms with van der Waals surface area (Å²) in [5.74, 6) is -0.171. The highest BCUT2D eigenvalue weighted by atomic mass is 16.3. The van der Waals surface area contributed by atoms with Crippen molar-refractivity contribution in [2.24, 2.45) is 7.05 Å². The summed E-state index contributed by atoms with van der Waals surface area (Å²) in [5.41, 5.74) is 2.18. The lowest BCUT2D eigenvalue weighted by atomic mass is 9.92. The molecule has 1 unspecified atom stereocenters. The van der Waals surface area contributed by atoms with Gasteiger partial charge in [-0.2, -0.15) is 5.10 Å². The summed E-state index contributed by atoms with van der Waals surface area (Å²) in [4.78, 5) is 12.3. The van der Waals surface area contributed by atoms with Gasteiger partial charge < -0.3 is 10.4 Å². The van der Waals surface area contributed by atoms with Crippen LogP contribution in [-0.4, -0.2) is 27.3 Å². The number of benzene rings is 1. The summed E-state index contributed by atoms with van der Waals surface area (Å²) >= 11 is 0. The molecule has 1 atom stereocenters. The van der Waals surface area contributed by atoms with E-state index in [0.29, 0.717) is 18.7 Å². The fourth-order valence-electron chi connectivity index (χ4n) is 2.30. The van der Waals surface area contributed by atoms with E-state index < -0.39 is 6.10 Å². The van der Waals surface area contributed by atoms with Crippen molar-refractivity contribution in [1.82, 2.24) is 15.1 Å². The minimum Gasteiger partial charge on any atom is -0.388 e. The van der Waals surface area contributed by atoms with Crippen LogP contribution in [0.1, 0.15) is 55.0 Å². The molecule has 0 spiro atoms. The molecule has 1 aromatic carbocycles. The van der Waals surface area contributed by atoms with E-state index in [9.17, 15) is 9.90 Å². The first kappa shape index (κ1) is 17.2. The first-order chi connectivity index (χ1) is 10.8. The van der Waals surface area contributed by atoms with E-state index in [-0.39, 0.29) is 11.3 Å². The van der Waals surface area contributed by atoms with Crippen LogP contribution in [0.25, 0.3) is 0 Å². The van der Waals surface area contributed by atoms with Gasteiger partial charge in [-0.15, -0.1) is 0 Å². The lowest BCUT2D eigenvalue weighted by Gasteiger charge is -2.13. The Morgan fingerprint density at radius 2 is 1.96 bits per heavy atom. The van der Waals surface area contributed by atoms with Crippen molar-refractivity contribution in [2.45, 2.75) is 38.7 Å². The summed E-state index contributed by atoms with van der Waals surface area (Å²) in [6.07, 6.45) is -0.104. The Bertz CT molecular complexity index is 657. The second kappa shape index (κ2) is 6.96. The van der Waals surface area contributed by atoms with Crippen molar-refractivity contribution < 1.29 is 9.90 Å². The van der Waals surface area contributed by atoms with Crippen LogP contribution in [0.2, 0.25) is 0 Å². The number of amides is 1. The first-order valence-corrected chi connectivity index (χ1v) is 7.85. The minimum absolute atomic E-state index is 0.0974. The molecule has 1 heterocycles. The highest BCUT2D eigenvalue weighted by molar-refractivity contribution is 5.92. The molecule has 0 saturated heterocycles. The van der Waals surface area contributed by atoms with Gasteiger partial charge in [0.15, 0.2) is 0 Å². The highest BCUT2D eigenvalue weighted by Gasteiger charge is 2.21. The Kier molecular flexibility index (Phi) is 5.21. The van der Waals surface area contributed by atoms with Crippen LogP contribution in [0, 0.1) is 0 Å². The number of rotatable bonds is 5. The zero-order valence-corrected chi connectivity index (χ0v) is 14.2. The summed E-state index contributed by atoms with van der Waals surface area (Å²) in [6.45, 7) is 6.60. The van der Waals surface area contributed by atoms with Crippen LogP contribution in [-0.2, 0) is 12.5 Å². The summed E-state index contributed by atoms with van der Waals surface area (Å²) < 4.78 is 1.60. The third kappa shape index (κ3) is 4.42. The number of aliphatic hydroxyl groups is 1. The van der Waals surface area contributed by atoms with Crippen LogP contribution in [0.5, 0.6) is 0 Å². The van der Waals surface area contributed by atoms with E-state index in [2.05, 4.69) is 31.2 Å². The van der Waals surface area contributed by atoms with Crippen molar-refractivity contribution in [3.8, 4) is 0 Å². The molecule has 1 aromatic heterocycles. The molecular formula is C18H25N3O2. The van der Waals surface area contributed by atoms with Gasteiger partial charge in [0.05, 0.1) is 11.8 Å². The molecular weight excluding hydrogens is 290 g/mol. The van der Waals surface area contributed by atoms with Gasteiger partial charge in [-0.1, -0.05) is 51.1 Å². The molecule has 2 aromatic rings. The second-order valence-corrected chi connectivity index (χ2v) is 6.76. The molecule has 0 aliphatic rings. The predicted octanol–water partition coefficient (Wildman–Crippen LogP) is 2.57. The van der Waals surface area contributed by atoms with Gasteiger partial charge in [0.2, 0.25) is 0 Å². The van der Waals surface area contributed by atoms with Gasteiger partial charge in [0.1, 0.15) is 5.69 Å². The highest BCUT2D eigenvalue weighted by Crippen LogP contribution is 2.21. The monoisotopic (exact) mass is 315 g/mol. The average molecular weight is 315 g/mol. The maximum Gasteiger partial charge on any atom is 0.269 e. The molecule has 5 nitrogen and oxygen atoms in total. The number of carbonyl (C=O) groups excluding carboxylic acids is 1. The largest absolute Gasteiger partial charge is 0.388 e. The van der Waals surface area contributed by atoms with E-state index in [1.807, 2.05) is 36.4 Å². The third-order valence-corrected chi connectivity index (χ3v) is 3.77. The Labute approximate surface area is 137 Å². The molecule has 0 fully saturated rings. The molecule has 2 rings (SSSR count). The molecule has 23 heavy (non-hydrogen) atoms. The van der Waals surface area contributed by atoms with E-state index in [1.165, 1.54) is 0 Å². The fraction of sp³-hybridized carbons (Fsp3) is 0.444. The minimum atomic E-state index is -0.576. The molecule has 1 amide bonds. The molecule has 0 radical (unpaired) electrons. The Balaban J connectivity index is 1.92. The normalized spacial score (nSPS) is 12.9. The van der Waals surface area contributed by atoms with Crippen LogP contribution in [0.4, 0.5) is 0 Å². The van der Waals surface area contributed by atoms with Crippen LogP contribution in [0.15, 0.2) is 36.4 Å². The molecule has 0 aliphatic heterocycles. The van der Waals surface area contributed by atoms with Crippen molar-refractivity contribution in [3.63, 3.8) is 0 Å². The number of carbonyl (C=O) groups is 1. The lowest BCUT2D eigenvalue weighted by Crippen LogP contribution is -2.27. The zero-order chi connectivity index (χ0) is 17.0. The topological polar surface area (TPSA) is 67.2 Å². The van der Waals surface area contributed by atoms with Gasteiger partial charge in [-0.25, -0.2) is 0 Å². The van der Waals surface area contributed by atoms with E-state index in [4.69, 9.17) is 0 Å². The molecule has 0 aliphatic carbocycles. The quantitative estimate of drug-likeness (QED) is 0.891. The molecule has 0 saturated carbocycles. The SMILES string of the molecule is Cn1nc(C(C)(C)C)cc1C(=O)NCCC(O)c1ccccc1. The number of hydrogen-bond donors (Lipinski definition) is 2. The van der Waals surface area contributed by atoms with Crippen LogP contribution in [0.3, 0.4) is 0 Å². The Hall–Kier alpha value is -2.14. The second-order valence-electron chi connectivity index (χ2n) is 6.76. The van der Waals surface area contributed by atoms with Gasteiger partial charge in [-0.3, -0.25) is 9.48 Å². The van der Waals surface area contributed by atoms with Gasteiger partial charge in [-0.05, 0) is 18.1 Å². The zero-order valence-electron chi connectivity index (χ0n) is 14.2. The van der Waals surface area contributed by atoms with E-state index in [0.717, 1.165) is 11.3 Å². The first-order valence-electron chi connectivity index (χ1n) is 7.85. The van der Waals surface area contributed by atoms with Gasteiger partial charge >= 0.3 is 0 Å². The average Bonchev–Trinajstić information content (AvgIpc) is 2.90. The maximum absolute atomic E-state index is 12.3. The fourth-order valence-corrected chi connectivity index (χ4v) is 2.30. The summed E-state index contributed by atoms with van der Waals surface area (Å²) in [7, 11) is 1.77. The number of aryl methyl sites for hydroxylation is 1. The van der Waals surface area contributed by atoms with E-state index >= 15 is 0 Å². The van der Waals surface area contributed by atoms with Crippen LogP contribution >= 0.6 is 0 Å². The van der Waals surface area contributed by atoms with Gasteiger partial charge in [0.25, 0.3) is 5.91 Å². The van der Waals surface area contributed by atoms with Crippen molar-refractivity contribution in [1.29, 1.82) is 0 Å². The number of aliphatic hydroxyl groups excluding tert-OH is 1. The number of nitrogens with one attached hydrogen (secondary N) is 1. The number of nitrogens with zero attached hydrogens (tertiary/aromatic N) is 2. The molecule has 5 heteroatoms. The Morgan fingerprint density at radius 1 is 1.30 bits per heavy atom. The third-order valence-electron chi connectivity index (χ3n) is 3.77. The Morgan fingerprint density at radius 3 is 2.52 bits per heavy atom. The van der Waals surface area contributed by atoms with Gasteiger partial charge in [0, 0.05) is 19.0 Å². The maximum atomic E-state index is 12.3.